The van der Waals surface area contributed by atoms with Crippen LogP contribution in [0.2, 0.25) is 5.02 Å². The summed E-state index contributed by atoms with van der Waals surface area (Å²) in [5.41, 5.74) is 1.71. The van der Waals surface area contributed by atoms with Gasteiger partial charge < -0.3 is 14.6 Å². The highest BCUT2D eigenvalue weighted by Crippen LogP contribution is 2.28. The van der Waals surface area contributed by atoms with E-state index in [2.05, 4.69) is 0 Å². The molecule has 1 unspecified atom stereocenters. The second-order valence-electron chi connectivity index (χ2n) is 4.68. The number of methoxy groups -OCH3 is 1. The lowest BCUT2D eigenvalue weighted by Crippen LogP contribution is -2.03. The van der Waals surface area contributed by atoms with Gasteiger partial charge in [-0.25, -0.2) is 0 Å². The quantitative estimate of drug-likeness (QED) is 0.876. The van der Waals surface area contributed by atoms with Gasteiger partial charge in [0.1, 0.15) is 11.5 Å². The van der Waals surface area contributed by atoms with Gasteiger partial charge in [-0.05, 0) is 48.4 Å². The Morgan fingerprint density at radius 3 is 2.48 bits per heavy atom. The van der Waals surface area contributed by atoms with Crippen LogP contribution in [0, 0.1) is 0 Å². The summed E-state index contributed by atoms with van der Waals surface area (Å²) in [4.78, 5) is 0. The number of rotatable bonds is 6. The molecule has 1 N–H and O–H groups in total. The molecule has 0 spiro atoms. The maximum Gasteiger partial charge on any atom is 0.122 e. The van der Waals surface area contributed by atoms with Gasteiger partial charge in [-0.2, -0.15) is 0 Å². The molecule has 0 radical (unpaired) electrons. The SMILES string of the molecule is CCOc1ccc(C(O)Cc2cc(Cl)ccc2OC)cc1. The van der Waals surface area contributed by atoms with Crippen molar-refractivity contribution in [3.05, 3.63) is 58.6 Å². The van der Waals surface area contributed by atoms with Gasteiger partial charge >= 0.3 is 0 Å². The van der Waals surface area contributed by atoms with Gasteiger partial charge in [-0.1, -0.05) is 23.7 Å². The highest BCUT2D eigenvalue weighted by atomic mass is 35.5. The molecule has 0 aromatic heterocycles. The zero-order chi connectivity index (χ0) is 15.2. The minimum absolute atomic E-state index is 0.442. The molecule has 0 saturated carbocycles. The van der Waals surface area contributed by atoms with Crippen molar-refractivity contribution in [1.29, 1.82) is 0 Å². The summed E-state index contributed by atoms with van der Waals surface area (Å²) in [6.45, 7) is 2.57. The summed E-state index contributed by atoms with van der Waals surface area (Å²) in [5.74, 6) is 1.53. The number of hydrogen-bond donors (Lipinski definition) is 1. The maximum absolute atomic E-state index is 10.4. The Morgan fingerprint density at radius 1 is 1.14 bits per heavy atom. The topological polar surface area (TPSA) is 38.7 Å². The van der Waals surface area contributed by atoms with Crippen LogP contribution in [-0.2, 0) is 6.42 Å². The molecular formula is C17H19ClO3. The average Bonchev–Trinajstić information content (AvgIpc) is 2.48. The van der Waals surface area contributed by atoms with Crippen molar-refractivity contribution < 1.29 is 14.6 Å². The predicted molar refractivity (Wildman–Crippen MR) is 84.3 cm³/mol. The predicted octanol–water partition coefficient (Wildman–Crippen LogP) is 4.02. The Bertz CT molecular complexity index is 581. The molecule has 112 valence electrons. The molecule has 0 amide bonds. The third-order valence-electron chi connectivity index (χ3n) is 3.23. The highest BCUT2D eigenvalue weighted by Gasteiger charge is 2.12. The smallest absolute Gasteiger partial charge is 0.122 e. The molecule has 1 atom stereocenters. The van der Waals surface area contributed by atoms with Crippen molar-refractivity contribution >= 4 is 11.6 Å². The van der Waals surface area contributed by atoms with Gasteiger partial charge in [0.05, 0.1) is 19.8 Å². The van der Waals surface area contributed by atoms with E-state index in [4.69, 9.17) is 21.1 Å². The standard InChI is InChI=1S/C17H19ClO3/c1-3-21-15-7-4-12(5-8-15)16(19)11-13-10-14(18)6-9-17(13)20-2/h4-10,16,19H,3,11H2,1-2H3. The largest absolute Gasteiger partial charge is 0.496 e. The number of ether oxygens (including phenoxy) is 2. The Labute approximate surface area is 130 Å². The van der Waals surface area contributed by atoms with Crippen molar-refractivity contribution in [1.82, 2.24) is 0 Å². The Balaban J connectivity index is 2.13. The number of benzene rings is 2. The zero-order valence-corrected chi connectivity index (χ0v) is 12.9. The molecule has 2 aromatic rings. The summed E-state index contributed by atoms with van der Waals surface area (Å²) in [6.07, 6.45) is -0.175. The summed E-state index contributed by atoms with van der Waals surface area (Å²) in [6, 6.07) is 12.8. The minimum atomic E-state index is -0.618. The summed E-state index contributed by atoms with van der Waals surface area (Å²) < 4.78 is 10.7. The second-order valence-corrected chi connectivity index (χ2v) is 5.11. The number of aliphatic hydroxyl groups is 1. The molecule has 3 nitrogen and oxygen atoms in total. The molecule has 0 heterocycles. The van der Waals surface area contributed by atoms with Crippen LogP contribution < -0.4 is 9.47 Å². The fraction of sp³-hybridized carbons (Fsp3) is 0.294. The van der Waals surface area contributed by atoms with Gasteiger partial charge in [0.15, 0.2) is 0 Å². The van der Waals surface area contributed by atoms with E-state index in [1.54, 1.807) is 13.2 Å². The second kappa shape index (κ2) is 7.34. The van der Waals surface area contributed by atoms with Crippen LogP contribution in [0.15, 0.2) is 42.5 Å². The minimum Gasteiger partial charge on any atom is -0.496 e. The van der Waals surface area contributed by atoms with Crippen LogP contribution in [0.25, 0.3) is 0 Å². The molecule has 0 saturated heterocycles. The summed E-state index contributed by atoms with van der Waals surface area (Å²) in [5, 5.41) is 11.0. The summed E-state index contributed by atoms with van der Waals surface area (Å²) in [7, 11) is 1.61. The normalized spacial score (nSPS) is 12.0. The molecule has 0 bridgehead atoms. The van der Waals surface area contributed by atoms with Crippen LogP contribution in [0.5, 0.6) is 11.5 Å². The molecule has 0 aliphatic carbocycles. The molecule has 2 rings (SSSR count). The zero-order valence-electron chi connectivity index (χ0n) is 12.2. The van der Waals surface area contributed by atoms with Gasteiger partial charge in [0.2, 0.25) is 0 Å². The first kappa shape index (κ1) is 15.7. The lowest BCUT2D eigenvalue weighted by Gasteiger charge is -2.14. The van der Waals surface area contributed by atoms with E-state index in [1.165, 1.54) is 0 Å². The number of halogens is 1. The highest BCUT2D eigenvalue weighted by molar-refractivity contribution is 6.30. The van der Waals surface area contributed by atoms with Gasteiger partial charge in [-0.15, -0.1) is 0 Å². The molecule has 4 heteroatoms. The molecule has 21 heavy (non-hydrogen) atoms. The maximum atomic E-state index is 10.4. The van der Waals surface area contributed by atoms with Crippen molar-refractivity contribution in [2.75, 3.05) is 13.7 Å². The van der Waals surface area contributed by atoms with E-state index < -0.39 is 6.10 Å². The van der Waals surface area contributed by atoms with Crippen LogP contribution >= 0.6 is 11.6 Å². The van der Waals surface area contributed by atoms with Crippen molar-refractivity contribution in [3.63, 3.8) is 0 Å². The molecule has 2 aromatic carbocycles. The number of hydrogen-bond acceptors (Lipinski definition) is 3. The Morgan fingerprint density at radius 2 is 1.86 bits per heavy atom. The first-order chi connectivity index (χ1) is 10.1. The van der Waals surface area contributed by atoms with E-state index in [9.17, 15) is 5.11 Å². The molecular weight excluding hydrogens is 288 g/mol. The van der Waals surface area contributed by atoms with Crippen LogP contribution in [-0.4, -0.2) is 18.8 Å². The van der Waals surface area contributed by atoms with E-state index in [0.29, 0.717) is 18.1 Å². The van der Waals surface area contributed by atoms with Crippen molar-refractivity contribution in [2.24, 2.45) is 0 Å². The number of aliphatic hydroxyl groups excluding tert-OH is 1. The first-order valence-corrected chi connectivity index (χ1v) is 7.25. The van der Waals surface area contributed by atoms with Crippen LogP contribution in [0.4, 0.5) is 0 Å². The van der Waals surface area contributed by atoms with E-state index in [1.807, 2.05) is 43.3 Å². The fourth-order valence-electron chi connectivity index (χ4n) is 2.19. The lowest BCUT2D eigenvalue weighted by molar-refractivity contribution is 0.177. The first-order valence-electron chi connectivity index (χ1n) is 6.87. The Kier molecular flexibility index (Phi) is 5.48. The van der Waals surface area contributed by atoms with Gasteiger partial charge in [-0.3, -0.25) is 0 Å². The van der Waals surface area contributed by atoms with E-state index in [0.717, 1.165) is 22.6 Å². The molecule has 0 aliphatic rings. The lowest BCUT2D eigenvalue weighted by atomic mass is 10.0. The average molecular weight is 307 g/mol. The fourth-order valence-corrected chi connectivity index (χ4v) is 2.38. The monoisotopic (exact) mass is 306 g/mol. The molecule has 0 fully saturated rings. The van der Waals surface area contributed by atoms with Crippen molar-refractivity contribution in [3.8, 4) is 11.5 Å². The summed E-state index contributed by atoms with van der Waals surface area (Å²) >= 11 is 6.01. The van der Waals surface area contributed by atoms with E-state index >= 15 is 0 Å². The van der Waals surface area contributed by atoms with Gasteiger partial charge in [0, 0.05) is 11.4 Å². The Hall–Kier alpha value is -1.71. The van der Waals surface area contributed by atoms with Gasteiger partial charge in [0.25, 0.3) is 0 Å². The molecule has 0 aliphatic heterocycles. The van der Waals surface area contributed by atoms with Crippen LogP contribution in [0.1, 0.15) is 24.2 Å². The third kappa shape index (κ3) is 4.13. The van der Waals surface area contributed by atoms with E-state index in [-0.39, 0.29) is 0 Å². The van der Waals surface area contributed by atoms with Crippen molar-refractivity contribution in [2.45, 2.75) is 19.4 Å². The third-order valence-corrected chi connectivity index (χ3v) is 3.47. The van der Waals surface area contributed by atoms with Crippen LogP contribution in [0.3, 0.4) is 0 Å².